The molecule has 0 amide bonds. The summed E-state index contributed by atoms with van der Waals surface area (Å²) in [5, 5.41) is 11.0. The summed E-state index contributed by atoms with van der Waals surface area (Å²) in [5.74, 6) is -0.236. The molecule has 2 aromatic carbocycles. The first-order chi connectivity index (χ1) is 9.47. The first kappa shape index (κ1) is 14.9. The third-order valence-corrected chi connectivity index (χ3v) is 3.79. The SMILES string of the molecule is O=C(Cc1ccc(I)cc1)c1cc([N+](=O)[O-])ccc1Cl. The molecule has 0 bridgehead atoms. The molecule has 0 saturated carbocycles. The number of ketones is 1. The lowest BCUT2D eigenvalue weighted by molar-refractivity contribution is -0.384. The molecule has 0 unspecified atom stereocenters. The van der Waals surface area contributed by atoms with Gasteiger partial charge in [-0.3, -0.25) is 14.9 Å². The highest BCUT2D eigenvalue weighted by Crippen LogP contribution is 2.23. The van der Waals surface area contributed by atoms with E-state index in [-0.39, 0.29) is 28.5 Å². The highest BCUT2D eigenvalue weighted by Gasteiger charge is 2.16. The van der Waals surface area contributed by atoms with Crippen LogP contribution in [0, 0.1) is 13.7 Å². The molecule has 0 fully saturated rings. The largest absolute Gasteiger partial charge is 0.294 e. The molecule has 2 aromatic rings. The van der Waals surface area contributed by atoms with Gasteiger partial charge in [-0.2, -0.15) is 0 Å². The quantitative estimate of drug-likeness (QED) is 0.332. The van der Waals surface area contributed by atoms with Gasteiger partial charge in [0.05, 0.1) is 9.95 Å². The number of nitro benzene ring substituents is 1. The Kier molecular flexibility index (Phi) is 4.72. The molecule has 20 heavy (non-hydrogen) atoms. The Labute approximate surface area is 134 Å². The number of Topliss-reactive ketones (excluding diaryl/α,β-unsaturated/α-hetero) is 1. The number of rotatable bonds is 4. The molecule has 0 heterocycles. The molecule has 0 aliphatic rings. The molecule has 0 saturated heterocycles. The van der Waals surface area contributed by atoms with Gasteiger partial charge in [0, 0.05) is 27.7 Å². The average Bonchev–Trinajstić information content (AvgIpc) is 2.41. The van der Waals surface area contributed by atoms with E-state index >= 15 is 0 Å². The molecule has 0 atom stereocenters. The fourth-order valence-corrected chi connectivity index (χ4v) is 2.31. The van der Waals surface area contributed by atoms with Gasteiger partial charge in [0.1, 0.15) is 0 Å². The molecule has 0 radical (unpaired) electrons. The predicted molar refractivity (Wildman–Crippen MR) is 85.3 cm³/mol. The molecule has 2 rings (SSSR count). The summed E-state index contributed by atoms with van der Waals surface area (Å²) in [7, 11) is 0. The number of nitrogens with zero attached hydrogens (tertiary/aromatic N) is 1. The first-order valence-electron chi connectivity index (χ1n) is 5.69. The fraction of sp³-hybridized carbons (Fsp3) is 0.0714. The van der Waals surface area contributed by atoms with E-state index in [1.807, 2.05) is 24.3 Å². The lowest BCUT2D eigenvalue weighted by Gasteiger charge is -2.04. The van der Waals surface area contributed by atoms with E-state index in [0.717, 1.165) is 9.13 Å². The van der Waals surface area contributed by atoms with Crippen molar-refractivity contribution in [2.24, 2.45) is 0 Å². The Morgan fingerprint density at radius 1 is 1.20 bits per heavy atom. The maximum atomic E-state index is 12.2. The normalized spacial score (nSPS) is 10.3. The highest BCUT2D eigenvalue weighted by molar-refractivity contribution is 14.1. The topological polar surface area (TPSA) is 60.2 Å². The van der Waals surface area contributed by atoms with Gasteiger partial charge in [0.25, 0.3) is 5.69 Å². The Morgan fingerprint density at radius 2 is 1.85 bits per heavy atom. The van der Waals surface area contributed by atoms with E-state index in [0.29, 0.717) is 0 Å². The fourth-order valence-electron chi connectivity index (χ4n) is 1.72. The number of hydrogen-bond acceptors (Lipinski definition) is 3. The third-order valence-electron chi connectivity index (χ3n) is 2.74. The molecule has 0 aliphatic heterocycles. The maximum absolute atomic E-state index is 12.2. The number of benzene rings is 2. The van der Waals surface area contributed by atoms with Gasteiger partial charge in [0.2, 0.25) is 0 Å². The molecular formula is C14H9ClINO3. The van der Waals surface area contributed by atoms with Crippen LogP contribution >= 0.6 is 34.2 Å². The van der Waals surface area contributed by atoms with E-state index in [1.54, 1.807) is 0 Å². The van der Waals surface area contributed by atoms with Gasteiger partial charge in [0.15, 0.2) is 5.78 Å². The molecule has 6 heteroatoms. The Morgan fingerprint density at radius 3 is 2.45 bits per heavy atom. The molecule has 102 valence electrons. The maximum Gasteiger partial charge on any atom is 0.270 e. The van der Waals surface area contributed by atoms with Crippen LogP contribution in [0.15, 0.2) is 42.5 Å². The second-order valence-corrected chi connectivity index (χ2v) is 5.80. The van der Waals surface area contributed by atoms with Crippen LogP contribution in [0.2, 0.25) is 5.02 Å². The van der Waals surface area contributed by atoms with E-state index < -0.39 is 4.92 Å². The van der Waals surface area contributed by atoms with Crippen LogP contribution in [0.3, 0.4) is 0 Å². The van der Waals surface area contributed by atoms with Crippen molar-refractivity contribution >= 4 is 45.7 Å². The minimum atomic E-state index is -0.544. The van der Waals surface area contributed by atoms with E-state index in [2.05, 4.69) is 22.6 Å². The minimum Gasteiger partial charge on any atom is -0.294 e. The number of halogens is 2. The van der Waals surface area contributed by atoms with Crippen LogP contribution in [-0.2, 0) is 6.42 Å². The number of carbonyl (C=O) groups excluding carboxylic acids is 1. The summed E-state index contributed by atoms with van der Waals surface area (Å²) >= 11 is 8.12. The van der Waals surface area contributed by atoms with Crippen LogP contribution < -0.4 is 0 Å². The van der Waals surface area contributed by atoms with Crippen molar-refractivity contribution in [2.75, 3.05) is 0 Å². The molecule has 0 spiro atoms. The second-order valence-electron chi connectivity index (χ2n) is 4.15. The number of hydrogen-bond donors (Lipinski definition) is 0. The van der Waals surface area contributed by atoms with Gasteiger partial charge in [-0.15, -0.1) is 0 Å². The summed E-state index contributed by atoms with van der Waals surface area (Å²) in [5.41, 5.74) is 0.887. The van der Waals surface area contributed by atoms with Gasteiger partial charge in [-0.1, -0.05) is 23.7 Å². The summed E-state index contributed by atoms with van der Waals surface area (Å²) in [6, 6.07) is 11.4. The zero-order valence-corrected chi connectivity index (χ0v) is 13.1. The monoisotopic (exact) mass is 401 g/mol. The van der Waals surface area contributed by atoms with Crippen molar-refractivity contribution < 1.29 is 9.72 Å². The summed E-state index contributed by atoms with van der Waals surface area (Å²) in [6.07, 6.45) is 0.164. The van der Waals surface area contributed by atoms with Crippen molar-refractivity contribution in [3.05, 3.63) is 72.3 Å². The van der Waals surface area contributed by atoms with Crippen LogP contribution in [0.1, 0.15) is 15.9 Å². The van der Waals surface area contributed by atoms with Crippen molar-refractivity contribution in [3.8, 4) is 0 Å². The van der Waals surface area contributed by atoms with Crippen molar-refractivity contribution in [1.82, 2.24) is 0 Å². The van der Waals surface area contributed by atoms with E-state index in [1.165, 1.54) is 18.2 Å². The minimum absolute atomic E-state index is 0.139. The third kappa shape index (κ3) is 3.55. The smallest absolute Gasteiger partial charge is 0.270 e. The van der Waals surface area contributed by atoms with Crippen molar-refractivity contribution in [2.45, 2.75) is 6.42 Å². The Balaban J connectivity index is 2.26. The Bertz CT molecular complexity index is 671. The summed E-state index contributed by atoms with van der Waals surface area (Å²) in [6.45, 7) is 0. The standard InChI is InChI=1S/C14H9ClINO3/c15-13-6-5-11(17(19)20)8-12(13)14(18)7-9-1-3-10(16)4-2-9/h1-6,8H,7H2. The van der Waals surface area contributed by atoms with Crippen LogP contribution in [0.25, 0.3) is 0 Å². The van der Waals surface area contributed by atoms with Crippen LogP contribution in [0.5, 0.6) is 0 Å². The zero-order valence-electron chi connectivity index (χ0n) is 10.2. The lowest BCUT2D eigenvalue weighted by atomic mass is 10.0. The molecule has 0 aliphatic carbocycles. The summed E-state index contributed by atoms with van der Waals surface area (Å²) < 4.78 is 1.08. The van der Waals surface area contributed by atoms with Crippen molar-refractivity contribution in [3.63, 3.8) is 0 Å². The van der Waals surface area contributed by atoms with E-state index in [4.69, 9.17) is 11.6 Å². The highest BCUT2D eigenvalue weighted by atomic mass is 127. The van der Waals surface area contributed by atoms with E-state index in [9.17, 15) is 14.9 Å². The summed E-state index contributed by atoms with van der Waals surface area (Å²) in [4.78, 5) is 22.4. The van der Waals surface area contributed by atoms with Crippen LogP contribution in [-0.4, -0.2) is 10.7 Å². The van der Waals surface area contributed by atoms with Gasteiger partial charge in [-0.25, -0.2) is 0 Å². The van der Waals surface area contributed by atoms with Gasteiger partial charge in [-0.05, 0) is 46.4 Å². The first-order valence-corrected chi connectivity index (χ1v) is 7.14. The Hall–Kier alpha value is -1.47. The molecule has 0 N–H and O–H groups in total. The molecular weight excluding hydrogens is 393 g/mol. The molecule has 0 aromatic heterocycles. The predicted octanol–water partition coefficient (Wildman–Crippen LogP) is 4.28. The van der Waals surface area contributed by atoms with Crippen LogP contribution in [0.4, 0.5) is 5.69 Å². The average molecular weight is 402 g/mol. The zero-order chi connectivity index (χ0) is 14.7. The van der Waals surface area contributed by atoms with Gasteiger partial charge < -0.3 is 0 Å². The lowest BCUT2D eigenvalue weighted by Crippen LogP contribution is -2.05. The second kappa shape index (κ2) is 6.32. The number of carbonyl (C=O) groups is 1. The van der Waals surface area contributed by atoms with Crippen molar-refractivity contribution in [1.29, 1.82) is 0 Å². The van der Waals surface area contributed by atoms with Gasteiger partial charge >= 0.3 is 0 Å². The number of nitro groups is 1. The number of non-ortho nitro benzene ring substituents is 1. The molecule has 4 nitrogen and oxygen atoms in total.